The van der Waals surface area contributed by atoms with Crippen molar-refractivity contribution in [3.8, 4) is 0 Å². The van der Waals surface area contributed by atoms with E-state index < -0.39 is 0 Å². The molecule has 4 heteroatoms. The van der Waals surface area contributed by atoms with Crippen molar-refractivity contribution in [2.45, 2.75) is 25.3 Å². The van der Waals surface area contributed by atoms with Crippen LogP contribution in [0.5, 0.6) is 0 Å². The van der Waals surface area contributed by atoms with Crippen molar-refractivity contribution in [2.24, 2.45) is 0 Å². The van der Waals surface area contributed by atoms with E-state index in [1.165, 1.54) is 16.5 Å². The monoisotopic (exact) mass is 295 g/mol. The second-order valence-corrected chi connectivity index (χ2v) is 6.07. The summed E-state index contributed by atoms with van der Waals surface area (Å²) in [5.41, 5.74) is 2.86. The van der Waals surface area contributed by atoms with Gasteiger partial charge in [-0.15, -0.1) is 22.9 Å². The van der Waals surface area contributed by atoms with Crippen LogP contribution in [0.25, 0.3) is 0 Å². The van der Waals surface area contributed by atoms with Gasteiger partial charge in [-0.3, -0.25) is 0 Å². The molecule has 0 saturated heterocycles. The lowest BCUT2D eigenvalue weighted by Crippen LogP contribution is -2.34. The molecule has 2 heterocycles. The minimum absolute atomic E-state index is 0.177. The topological polar surface area (TPSA) is 3.24 Å². The van der Waals surface area contributed by atoms with Gasteiger partial charge in [0.2, 0.25) is 0 Å². The number of halogens is 2. The molecule has 0 aliphatic carbocycles. The third-order valence-corrected chi connectivity index (χ3v) is 5.06. The summed E-state index contributed by atoms with van der Waals surface area (Å²) in [6.07, 6.45) is 0.980. The molecular weight excluding hydrogens is 281 g/mol. The van der Waals surface area contributed by atoms with Gasteiger partial charge in [-0.05, 0) is 42.0 Å². The molecule has 0 saturated carbocycles. The number of fused-ring (bicyclic) bond motifs is 1. The van der Waals surface area contributed by atoms with E-state index in [4.69, 9.17) is 11.6 Å². The number of thiophene rings is 1. The summed E-state index contributed by atoms with van der Waals surface area (Å²) in [5, 5.41) is 2.12. The average molecular weight is 296 g/mol. The van der Waals surface area contributed by atoms with E-state index in [-0.39, 0.29) is 11.9 Å². The Bertz CT molecular complexity index is 596. The molecule has 1 aliphatic heterocycles. The summed E-state index contributed by atoms with van der Waals surface area (Å²) in [7, 11) is 0. The zero-order valence-corrected chi connectivity index (χ0v) is 12.3. The van der Waals surface area contributed by atoms with Gasteiger partial charge in [0.1, 0.15) is 5.82 Å². The Morgan fingerprint density at radius 3 is 3.05 bits per heavy atom. The summed E-state index contributed by atoms with van der Waals surface area (Å²) in [6, 6.07) is 7.50. The second kappa shape index (κ2) is 5.14. The van der Waals surface area contributed by atoms with Crippen molar-refractivity contribution in [1.82, 2.24) is 0 Å². The summed E-state index contributed by atoms with van der Waals surface area (Å²) in [6.45, 7) is 2.98. The zero-order chi connectivity index (χ0) is 13.4. The standard InChI is InChI=1S/C15H15ClFNS/c1-10-12-6-8-19-14(12)5-7-18(10)15-11(9-16)3-2-4-13(15)17/h2-4,6,8,10H,5,7,9H2,1H3. The molecule has 1 aromatic heterocycles. The molecule has 0 amide bonds. The van der Waals surface area contributed by atoms with E-state index >= 15 is 0 Å². The van der Waals surface area contributed by atoms with E-state index in [0.717, 1.165) is 18.5 Å². The second-order valence-electron chi connectivity index (χ2n) is 4.80. The van der Waals surface area contributed by atoms with E-state index in [9.17, 15) is 4.39 Å². The zero-order valence-electron chi connectivity index (χ0n) is 10.7. The Morgan fingerprint density at radius 1 is 1.42 bits per heavy atom. The molecule has 0 radical (unpaired) electrons. The van der Waals surface area contributed by atoms with Crippen molar-refractivity contribution in [3.05, 3.63) is 51.5 Å². The van der Waals surface area contributed by atoms with Gasteiger partial charge >= 0.3 is 0 Å². The fourth-order valence-corrected chi connectivity index (χ4v) is 3.98. The first-order valence-electron chi connectivity index (χ1n) is 6.38. The van der Waals surface area contributed by atoms with Crippen LogP contribution in [0.2, 0.25) is 0 Å². The van der Waals surface area contributed by atoms with Crippen molar-refractivity contribution < 1.29 is 4.39 Å². The first-order chi connectivity index (χ1) is 9.22. The molecule has 0 fully saturated rings. The number of anilines is 1. The van der Waals surface area contributed by atoms with Gasteiger partial charge in [0, 0.05) is 17.3 Å². The minimum atomic E-state index is -0.177. The molecule has 0 spiro atoms. The Morgan fingerprint density at radius 2 is 2.26 bits per heavy atom. The van der Waals surface area contributed by atoms with Crippen LogP contribution in [0.1, 0.15) is 29.0 Å². The van der Waals surface area contributed by atoms with E-state index in [2.05, 4.69) is 23.3 Å². The third kappa shape index (κ3) is 2.15. The predicted octanol–water partition coefficient (Wildman–Crippen LogP) is 4.75. The molecule has 100 valence electrons. The maximum Gasteiger partial charge on any atom is 0.146 e. The highest BCUT2D eigenvalue weighted by Gasteiger charge is 2.27. The lowest BCUT2D eigenvalue weighted by Gasteiger charge is -2.36. The maximum atomic E-state index is 14.2. The van der Waals surface area contributed by atoms with E-state index in [1.807, 2.05) is 6.07 Å². The first-order valence-corrected chi connectivity index (χ1v) is 7.80. The van der Waals surface area contributed by atoms with Crippen LogP contribution in [0.15, 0.2) is 29.6 Å². The maximum absolute atomic E-state index is 14.2. The molecule has 1 aliphatic rings. The molecule has 2 aromatic rings. The largest absolute Gasteiger partial charge is 0.362 e. The van der Waals surface area contributed by atoms with Gasteiger partial charge in [0.15, 0.2) is 0 Å². The van der Waals surface area contributed by atoms with Crippen LogP contribution in [-0.4, -0.2) is 6.54 Å². The predicted molar refractivity (Wildman–Crippen MR) is 79.7 cm³/mol. The average Bonchev–Trinajstić information content (AvgIpc) is 2.89. The molecule has 0 N–H and O–H groups in total. The van der Waals surface area contributed by atoms with Crippen molar-refractivity contribution in [3.63, 3.8) is 0 Å². The fraction of sp³-hybridized carbons (Fsp3) is 0.333. The van der Waals surface area contributed by atoms with Crippen LogP contribution < -0.4 is 4.90 Å². The molecule has 1 aromatic carbocycles. The molecule has 0 bridgehead atoms. The van der Waals surface area contributed by atoms with Crippen LogP contribution >= 0.6 is 22.9 Å². The highest BCUT2D eigenvalue weighted by atomic mass is 35.5. The van der Waals surface area contributed by atoms with Gasteiger partial charge in [0.05, 0.1) is 11.7 Å². The fourth-order valence-electron chi connectivity index (χ4n) is 2.80. The van der Waals surface area contributed by atoms with Crippen LogP contribution in [0, 0.1) is 5.82 Å². The number of hydrogen-bond acceptors (Lipinski definition) is 2. The summed E-state index contributed by atoms with van der Waals surface area (Å²) < 4.78 is 14.2. The lowest BCUT2D eigenvalue weighted by molar-refractivity contribution is 0.580. The molecular formula is C15H15ClFNS. The number of hydrogen-bond donors (Lipinski definition) is 0. The van der Waals surface area contributed by atoms with Gasteiger partial charge in [0.25, 0.3) is 0 Å². The summed E-state index contributed by atoms with van der Waals surface area (Å²) in [5.74, 6) is 0.163. The van der Waals surface area contributed by atoms with Crippen molar-refractivity contribution in [1.29, 1.82) is 0 Å². The van der Waals surface area contributed by atoms with Crippen LogP contribution in [0.4, 0.5) is 10.1 Å². The molecule has 1 unspecified atom stereocenters. The van der Waals surface area contributed by atoms with Crippen LogP contribution in [-0.2, 0) is 12.3 Å². The number of para-hydroxylation sites is 1. The SMILES string of the molecule is CC1c2ccsc2CCN1c1c(F)cccc1CCl. The molecule has 3 rings (SSSR count). The highest BCUT2D eigenvalue weighted by molar-refractivity contribution is 7.10. The lowest BCUT2D eigenvalue weighted by atomic mass is 9.99. The third-order valence-electron chi connectivity index (χ3n) is 3.78. The first kappa shape index (κ1) is 12.9. The van der Waals surface area contributed by atoms with E-state index in [0.29, 0.717) is 11.6 Å². The number of benzene rings is 1. The molecule has 1 atom stereocenters. The van der Waals surface area contributed by atoms with Gasteiger partial charge in [-0.1, -0.05) is 12.1 Å². The minimum Gasteiger partial charge on any atom is -0.362 e. The number of rotatable bonds is 2. The van der Waals surface area contributed by atoms with E-state index in [1.54, 1.807) is 17.4 Å². The van der Waals surface area contributed by atoms with Crippen molar-refractivity contribution >= 4 is 28.6 Å². The molecule has 1 nitrogen and oxygen atoms in total. The highest BCUT2D eigenvalue weighted by Crippen LogP contribution is 2.38. The Kier molecular flexibility index (Phi) is 3.50. The normalized spacial score (nSPS) is 18.5. The Balaban J connectivity index is 2.05. The van der Waals surface area contributed by atoms with Gasteiger partial charge in [-0.25, -0.2) is 4.39 Å². The van der Waals surface area contributed by atoms with Gasteiger partial charge < -0.3 is 4.90 Å². The summed E-state index contributed by atoms with van der Waals surface area (Å²) >= 11 is 7.75. The summed E-state index contributed by atoms with van der Waals surface area (Å²) in [4.78, 5) is 3.56. The van der Waals surface area contributed by atoms with Crippen LogP contribution in [0.3, 0.4) is 0 Å². The quantitative estimate of drug-likeness (QED) is 0.723. The number of nitrogens with zero attached hydrogens (tertiary/aromatic N) is 1. The van der Waals surface area contributed by atoms with Crippen molar-refractivity contribution in [2.75, 3.05) is 11.4 Å². The Labute approximate surface area is 121 Å². The smallest absolute Gasteiger partial charge is 0.146 e. The van der Waals surface area contributed by atoms with Gasteiger partial charge in [-0.2, -0.15) is 0 Å². The molecule has 19 heavy (non-hydrogen) atoms. The number of alkyl halides is 1. The Hall–Kier alpha value is -1.06.